The van der Waals surface area contributed by atoms with E-state index < -0.39 is 17.9 Å². The Labute approximate surface area is 285 Å². The number of aromatic nitrogens is 2. The van der Waals surface area contributed by atoms with Crippen LogP contribution in [0.15, 0.2) is 71.5 Å². The average Bonchev–Trinajstić information content (AvgIpc) is 3.36. The van der Waals surface area contributed by atoms with E-state index in [2.05, 4.69) is 35.7 Å². The Bertz CT molecular complexity index is 1690. The van der Waals surface area contributed by atoms with Crippen LogP contribution in [0, 0.1) is 51.7 Å². The second kappa shape index (κ2) is 15.5. The van der Waals surface area contributed by atoms with Gasteiger partial charge >= 0.3 is 5.97 Å². The van der Waals surface area contributed by atoms with Gasteiger partial charge in [-0.15, -0.1) is 5.92 Å². The van der Waals surface area contributed by atoms with Gasteiger partial charge in [-0.3, -0.25) is 4.79 Å². The summed E-state index contributed by atoms with van der Waals surface area (Å²) in [7, 11) is 0. The van der Waals surface area contributed by atoms with Crippen molar-refractivity contribution in [3.63, 3.8) is 0 Å². The highest BCUT2D eigenvalue weighted by Crippen LogP contribution is 2.60. The predicted octanol–water partition coefficient (Wildman–Crippen LogP) is 8.43. The van der Waals surface area contributed by atoms with Gasteiger partial charge in [-0.1, -0.05) is 87.1 Å². The summed E-state index contributed by atoms with van der Waals surface area (Å²) >= 11 is 11.5. The van der Waals surface area contributed by atoms with E-state index in [9.17, 15) is 14.4 Å². The minimum atomic E-state index is -1.03. The van der Waals surface area contributed by atoms with Gasteiger partial charge in [0, 0.05) is 18.7 Å². The Morgan fingerprint density at radius 3 is 2.49 bits per heavy atom. The Morgan fingerprint density at radius 1 is 1.13 bits per heavy atom. The van der Waals surface area contributed by atoms with Crippen molar-refractivity contribution in [1.82, 2.24) is 9.97 Å². The number of anilines is 1. The molecule has 0 N–H and O–H groups in total. The van der Waals surface area contributed by atoms with E-state index in [1.54, 1.807) is 37.3 Å². The molecule has 1 aromatic heterocycles. The molecule has 0 bridgehead atoms. The molecule has 0 spiro atoms. The second-order valence-corrected chi connectivity index (χ2v) is 13.6. The largest absolute Gasteiger partial charge is 0.462 e. The van der Waals surface area contributed by atoms with Crippen LogP contribution in [-0.2, 0) is 9.53 Å². The van der Waals surface area contributed by atoms with Gasteiger partial charge in [-0.25, -0.2) is 4.98 Å². The minimum absolute atomic E-state index is 0.0301. The molecular weight excluding hydrogens is 642 g/mol. The fourth-order valence-electron chi connectivity index (χ4n) is 5.43. The third-order valence-corrected chi connectivity index (χ3v) is 8.39. The van der Waals surface area contributed by atoms with Crippen LogP contribution in [0.25, 0.3) is 0 Å². The molecule has 0 amide bonds. The quantitative estimate of drug-likeness (QED) is 0.164. The first-order valence-corrected chi connectivity index (χ1v) is 15.9. The Balaban J connectivity index is 0.000000229. The lowest BCUT2D eigenvalue weighted by Gasteiger charge is -2.21. The third-order valence-electron chi connectivity index (χ3n) is 8.14. The maximum Gasteiger partial charge on any atom is 0.311 e. The molecule has 2 heterocycles. The van der Waals surface area contributed by atoms with Crippen LogP contribution in [0.1, 0.15) is 52.7 Å². The van der Waals surface area contributed by atoms with E-state index in [1.807, 2.05) is 55.1 Å². The highest BCUT2D eigenvalue weighted by molar-refractivity contribution is 6.55. The number of benzene rings is 2. The molecule has 2 aromatic carbocycles. The van der Waals surface area contributed by atoms with Gasteiger partial charge < -0.3 is 19.1 Å². The fourth-order valence-corrected chi connectivity index (χ4v) is 5.71. The first-order valence-electron chi connectivity index (χ1n) is 15.1. The number of allylic oxidation sites excluding steroid dienone is 1. The van der Waals surface area contributed by atoms with Crippen molar-refractivity contribution in [2.45, 2.75) is 47.1 Å². The Morgan fingerprint density at radius 2 is 1.85 bits per heavy atom. The van der Waals surface area contributed by atoms with Gasteiger partial charge in [-0.2, -0.15) is 14.6 Å². The van der Waals surface area contributed by atoms with Crippen LogP contribution in [-0.4, -0.2) is 35.6 Å². The first-order chi connectivity index (χ1) is 22.4. The van der Waals surface area contributed by atoms with Crippen LogP contribution in [0.5, 0.6) is 17.4 Å². The fraction of sp³-hybridized carbons (Fsp3) is 0.389. The van der Waals surface area contributed by atoms with E-state index in [0.29, 0.717) is 22.9 Å². The molecule has 0 radical (unpaired) electrons. The maximum atomic E-state index is 14.3. The average molecular weight is 680 g/mol. The molecule has 246 valence electrons. The van der Waals surface area contributed by atoms with Crippen LogP contribution < -0.4 is 14.4 Å². The van der Waals surface area contributed by atoms with E-state index in [4.69, 9.17) is 37.4 Å². The molecule has 1 aliphatic heterocycles. The molecule has 47 heavy (non-hydrogen) atoms. The summed E-state index contributed by atoms with van der Waals surface area (Å²) in [4.78, 5) is 22.4. The summed E-state index contributed by atoms with van der Waals surface area (Å²) in [6.45, 7) is 11.6. The monoisotopic (exact) mass is 678 g/mol. The number of hydrogen-bond acceptors (Lipinski definition) is 8. The molecule has 2 fully saturated rings. The second-order valence-electron chi connectivity index (χ2n) is 12.6. The number of hydrogen-bond donors (Lipinski definition) is 0. The maximum absolute atomic E-state index is 14.3. The highest BCUT2D eigenvalue weighted by atomic mass is 35.5. The molecule has 11 heteroatoms. The molecule has 3 aromatic rings. The number of halogens is 3. The number of nitriles is 1. The summed E-state index contributed by atoms with van der Waals surface area (Å²) in [5, 5.41) is 9.53. The zero-order valence-corrected chi connectivity index (χ0v) is 28.5. The number of nitrogens with zero attached hydrogens (tertiary/aromatic N) is 4. The van der Waals surface area contributed by atoms with Crippen molar-refractivity contribution in [2.75, 3.05) is 24.6 Å². The van der Waals surface area contributed by atoms with Crippen LogP contribution in [0.4, 0.5) is 10.2 Å². The van der Waals surface area contributed by atoms with Crippen molar-refractivity contribution in [3.05, 3.63) is 82.9 Å². The number of rotatable bonds is 9. The smallest absolute Gasteiger partial charge is 0.311 e. The number of esters is 1. The molecular formula is C36H37Cl2FN4O4. The SMILES string of the molecule is CC#CCOc1ncnc(N2CCC(C)(C)C2)c1F.CC1(C)C(C=C(Cl)Cl)C1C(=O)OC(C#N)c1cccc(Oc2ccccc2)c1. The summed E-state index contributed by atoms with van der Waals surface area (Å²) in [6, 6.07) is 18.3. The Hall–Kier alpha value is -4.31. The van der Waals surface area contributed by atoms with E-state index >= 15 is 0 Å². The van der Waals surface area contributed by atoms with Crippen molar-refractivity contribution in [3.8, 4) is 35.3 Å². The highest BCUT2D eigenvalue weighted by Gasteiger charge is 2.62. The molecule has 8 nitrogen and oxygen atoms in total. The van der Waals surface area contributed by atoms with Crippen LogP contribution in [0.3, 0.4) is 0 Å². The summed E-state index contributed by atoms with van der Waals surface area (Å²) < 4.78 is 30.9. The van der Waals surface area contributed by atoms with Gasteiger partial charge in [0.2, 0.25) is 11.9 Å². The van der Waals surface area contributed by atoms with Crippen molar-refractivity contribution >= 4 is 35.0 Å². The van der Waals surface area contributed by atoms with Gasteiger partial charge in [0.15, 0.2) is 12.4 Å². The summed E-state index contributed by atoms with van der Waals surface area (Å²) in [6.07, 6.45) is 2.97. The van der Waals surface area contributed by atoms with Gasteiger partial charge in [-0.05, 0) is 60.4 Å². The van der Waals surface area contributed by atoms with E-state index in [1.165, 1.54) is 6.33 Å². The zero-order chi connectivity index (χ0) is 34.2. The minimum Gasteiger partial charge on any atom is -0.462 e. The molecule has 1 aliphatic carbocycles. The number of para-hydroxylation sites is 1. The van der Waals surface area contributed by atoms with Crippen molar-refractivity contribution in [2.24, 2.45) is 22.7 Å². The predicted molar refractivity (Wildman–Crippen MR) is 179 cm³/mol. The zero-order valence-electron chi connectivity index (χ0n) is 27.0. The van der Waals surface area contributed by atoms with Crippen LogP contribution in [0.2, 0.25) is 0 Å². The van der Waals surface area contributed by atoms with E-state index in [0.717, 1.165) is 19.5 Å². The normalized spacial score (nSPS) is 19.0. The lowest BCUT2D eigenvalue weighted by Crippen LogP contribution is -2.25. The van der Waals surface area contributed by atoms with Crippen molar-refractivity contribution < 1.29 is 23.4 Å². The standard InChI is InChI=1S/C22H19Cl2NO3.C14H18FN3O/c1-22(2)17(12-19(23)24)20(22)21(26)28-18(13-25)14-7-6-10-16(11-14)27-15-8-4-3-5-9-15;1-4-5-8-19-13-11(15)12(16-10-17-13)18-7-6-14(2,3)9-18/h3-12,17-18,20H,1-2H3;10H,6-9H2,1-3H3. The molecule has 5 rings (SSSR count). The van der Waals surface area contributed by atoms with Gasteiger partial charge in [0.25, 0.3) is 5.88 Å². The lowest BCUT2D eigenvalue weighted by molar-refractivity contribution is -0.149. The molecule has 3 unspecified atom stereocenters. The molecule has 3 atom stereocenters. The topological polar surface area (TPSA) is 97.6 Å². The molecule has 2 aliphatic rings. The van der Waals surface area contributed by atoms with Crippen molar-refractivity contribution in [1.29, 1.82) is 5.26 Å². The Kier molecular flexibility index (Phi) is 11.7. The summed E-state index contributed by atoms with van der Waals surface area (Å²) in [5.41, 5.74) is 0.418. The number of carbonyl (C=O) groups is 1. The lowest BCUT2D eigenvalue weighted by atomic mass is 9.93. The molecule has 1 saturated carbocycles. The number of carbonyl (C=O) groups excluding carboxylic acids is 1. The third kappa shape index (κ3) is 9.38. The van der Waals surface area contributed by atoms with Crippen LogP contribution >= 0.6 is 23.2 Å². The first kappa shape index (κ1) is 35.5. The molecule has 1 saturated heterocycles. The number of ether oxygens (including phenoxy) is 3. The van der Waals surface area contributed by atoms with Gasteiger partial charge in [0.05, 0.1) is 5.92 Å². The van der Waals surface area contributed by atoms with E-state index in [-0.39, 0.29) is 39.6 Å². The van der Waals surface area contributed by atoms with Gasteiger partial charge in [0.1, 0.15) is 28.4 Å². The summed E-state index contributed by atoms with van der Waals surface area (Å²) in [5.74, 6) is 5.48.